The first kappa shape index (κ1) is 13.7. The zero-order chi connectivity index (χ0) is 13.2. The lowest BCUT2D eigenvalue weighted by atomic mass is 10.0. The van der Waals surface area contributed by atoms with Crippen LogP contribution in [0.4, 0.5) is 0 Å². The first-order valence-electron chi connectivity index (χ1n) is 5.78. The van der Waals surface area contributed by atoms with Gasteiger partial charge in [-0.1, -0.05) is 18.2 Å². The molecule has 0 heterocycles. The molecule has 0 aliphatic heterocycles. The molecule has 1 aromatic rings. The highest BCUT2D eigenvalue weighted by molar-refractivity contribution is 5.82. The van der Waals surface area contributed by atoms with Crippen molar-refractivity contribution in [3.8, 4) is 0 Å². The molecule has 1 aromatic carbocycles. The van der Waals surface area contributed by atoms with Gasteiger partial charge in [0.2, 0.25) is 0 Å². The largest absolute Gasteiger partial charge is 0.378 e. The maximum absolute atomic E-state index is 11.8. The van der Waals surface area contributed by atoms with Crippen molar-refractivity contribution >= 4 is 5.91 Å². The van der Waals surface area contributed by atoms with Crippen LogP contribution in [-0.2, 0) is 4.79 Å². The molecule has 3 nitrogen and oxygen atoms in total. The smallest absolute Gasteiger partial charge is 0.253 e. The molecule has 0 fully saturated rings. The molecule has 94 valence electrons. The predicted molar refractivity (Wildman–Crippen MR) is 68.8 cm³/mol. The maximum atomic E-state index is 11.8. The Morgan fingerprint density at radius 2 is 1.82 bits per heavy atom. The molecule has 0 aliphatic rings. The zero-order valence-corrected chi connectivity index (χ0v) is 11.2. The third-order valence-electron chi connectivity index (χ3n) is 2.59. The fraction of sp³-hybridized carbons (Fsp3) is 0.500. The molecular formula is C14H21NO2. The topological polar surface area (TPSA) is 49.3 Å². The monoisotopic (exact) mass is 235 g/mol. The molecule has 0 saturated carbocycles. The van der Waals surface area contributed by atoms with Crippen molar-refractivity contribution in [2.45, 2.75) is 46.3 Å². The Balaban J connectivity index is 2.85. The Morgan fingerprint density at radius 1 is 1.24 bits per heavy atom. The van der Waals surface area contributed by atoms with Crippen LogP contribution >= 0.6 is 0 Å². The number of rotatable bonds is 2. The molecule has 1 unspecified atom stereocenters. The number of carbonyl (C=O) groups excluding carboxylic acids is 1. The van der Waals surface area contributed by atoms with E-state index < -0.39 is 6.10 Å². The second-order valence-corrected chi connectivity index (χ2v) is 5.49. The summed E-state index contributed by atoms with van der Waals surface area (Å²) in [7, 11) is 0. The molecule has 17 heavy (non-hydrogen) atoms. The van der Waals surface area contributed by atoms with Gasteiger partial charge in [-0.3, -0.25) is 4.79 Å². The summed E-state index contributed by atoms with van der Waals surface area (Å²) >= 11 is 0. The van der Waals surface area contributed by atoms with Gasteiger partial charge in [-0.25, -0.2) is 0 Å². The molecule has 0 aromatic heterocycles. The van der Waals surface area contributed by atoms with Crippen LogP contribution in [-0.4, -0.2) is 16.6 Å². The lowest BCUT2D eigenvalue weighted by Crippen LogP contribution is -2.43. The average molecular weight is 235 g/mol. The van der Waals surface area contributed by atoms with Gasteiger partial charge in [0.25, 0.3) is 5.91 Å². The van der Waals surface area contributed by atoms with Crippen molar-refractivity contribution in [3.63, 3.8) is 0 Å². The number of benzene rings is 1. The minimum Gasteiger partial charge on any atom is -0.378 e. The second kappa shape index (κ2) is 4.88. The first-order valence-corrected chi connectivity index (χ1v) is 5.78. The summed E-state index contributed by atoms with van der Waals surface area (Å²) in [6.45, 7) is 9.63. The van der Waals surface area contributed by atoms with E-state index in [1.54, 1.807) is 6.07 Å². The fourth-order valence-corrected chi connectivity index (χ4v) is 1.52. The van der Waals surface area contributed by atoms with Gasteiger partial charge >= 0.3 is 0 Å². The van der Waals surface area contributed by atoms with Crippen LogP contribution in [0.25, 0.3) is 0 Å². The molecule has 2 N–H and O–H groups in total. The number of hydrogen-bond acceptors (Lipinski definition) is 2. The summed E-state index contributed by atoms with van der Waals surface area (Å²) in [6.07, 6.45) is -1.10. The SMILES string of the molecule is Cc1ccc(C(O)C(=O)NC(C)(C)C)cc1C. The summed E-state index contributed by atoms with van der Waals surface area (Å²) in [5, 5.41) is 12.7. The van der Waals surface area contributed by atoms with Crippen molar-refractivity contribution in [1.29, 1.82) is 0 Å². The quantitative estimate of drug-likeness (QED) is 0.826. The van der Waals surface area contributed by atoms with Gasteiger partial charge in [0, 0.05) is 5.54 Å². The molecule has 0 aliphatic carbocycles. The Kier molecular flexibility index (Phi) is 3.94. The van der Waals surface area contributed by atoms with E-state index in [9.17, 15) is 9.90 Å². The van der Waals surface area contributed by atoms with Crippen molar-refractivity contribution in [1.82, 2.24) is 5.32 Å². The molecule has 0 saturated heterocycles. The van der Waals surface area contributed by atoms with Crippen molar-refractivity contribution in [3.05, 3.63) is 34.9 Å². The fourth-order valence-electron chi connectivity index (χ4n) is 1.52. The first-order chi connectivity index (χ1) is 7.70. The highest BCUT2D eigenvalue weighted by atomic mass is 16.3. The molecular weight excluding hydrogens is 214 g/mol. The van der Waals surface area contributed by atoms with E-state index >= 15 is 0 Å². The highest BCUT2D eigenvalue weighted by Crippen LogP contribution is 2.18. The van der Waals surface area contributed by atoms with Crippen molar-refractivity contribution in [2.24, 2.45) is 0 Å². The Bertz CT molecular complexity index is 419. The van der Waals surface area contributed by atoms with E-state index in [-0.39, 0.29) is 11.4 Å². The number of aryl methyl sites for hydroxylation is 2. The van der Waals surface area contributed by atoms with Gasteiger partial charge in [0.1, 0.15) is 0 Å². The van der Waals surface area contributed by atoms with Crippen molar-refractivity contribution < 1.29 is 9.90 Å². The molecule has 3 heteroatoms. The molecule has 1 amide bonds. The van der Waals surface area contributed by atoms with Gasteiger partial charge < -0.3 is 10.4 Å². The number of nitrogens with one attached hydrogen (secondary N) is 1. The van der Waals surface area contributed by atoms with Crippen LogP contribution in [0.3, 0.4) is 0 Å². The molecule has 1 rings (SSSR count). The standard InChI is InChI=1S/C14H21NO2/c1-9-6-7-11(8-10(9)2)12(16)13(17)15-14(3,4)5/h6-8,12,16H,1-5H3,(H,15,17). The van der Waals surface area contributed by atoms with Gasteiger partial charge in [-0.05, 0) is 51.3 Å². The lowest BCUT2D eigenvalue weighted by molar-refractivity contribution is -0.131. The number of amides is 1. The van der Waals surface area contributed by atoms with Crippen LogP contribution < -0.4 is 5.32 Å². The maximum Gasteiger partial charge on any atom is 0.253 e. The Hall–Kier alpha value is -1.35. The van der Waals surface area contributed by atoms with Crippen molar-refractivity contribution in [2.75, 3.05) is 0 Å². The van der Waals surface area contributed by atoms with E-state index in [0.29, 0.717) is 5.56 Å². The van der Waals surface area contributed by atoms with Crippen LogP contribution in [0.1, 0.15) is 43.6 Å². The Labute approximate surface area is 103 Å². The lowest BCUT2D eigenvalue weighted by Gasteiger charge is -2.23. The van der Waals surface area contributed by atoms with Gasteiger partial charge in [-0.2, -0.15) is 0 Å². The van der Waals surface area contributed by atoms with Gasteiger partial charge in [0.15, 0.2) is 6.10 Å². The van der Waals surface area contributed by atoms with Crippen LogP contribution in [0.15, 0.2) is 18.2 Å². The van der Waals surface area contributed by atoms with E-state index in [0.717, 1.165) is 11.1 Å². The minimum absolute atomic E-state index is 0.336. The Morgan fingerprint density at radius 3 is 2.29 bits per heavy atom. The second-order valence-electron chi connectivity index (χ2n) is 5.49. The molecule has 1 atom stereocenters. The highest BCUT2D eigenvalue weighted by Gasteiger charge is 2.22. The molecule has 0 radical (unpaired) electrons. The van der Waals surface area contributed by atoms with E-state index in [2.05, 4.69) is 5.32 Å². The summed E-state index contributed by atoms with van der Waals surface area (Å²) in [6, 6.07) is 5.55. The minimum atomic E-state index is -1.10. The average Bonchev–Trinajstić information content (AvgIpc) is 2.18. The zero-order valence-electron chi connectivity index (χ0n) is 11.2. The van der Waals surface area contributed by atoms with Crippen LogP contribution in [0.2, 0.25) is 0 Å². The summed E-state index contributed by atoms with van der Waals surface area (Å²) in [5.74, 6) is -0.360. The third kappa shape index (κ3) is 3.86. The summed E-state index contributed by atoms with van der Waals surface area (Å²) in [4.78, 5) is 11.8. The van der Waals surface area contributed by atoms with E-state index in [1.165, 1.54) is 0 Å². The normalized spacial score (nSPS) is 13.3. The van der Waals surface area contributed by atoms with Gasteiger partial charge in [0.05, 0.1) is 0 Å². The van der Waals surface area contributed by atoms with E-state index in [1.807, 2.05) is 46.8 Å². The molecule has 0 bridgehead atoms. The number of hydrogen-bond donors (Lipinski definition) is 2. The van der Waals surface area contributed by atoms with Gasteiger partial charge in [-0.15, -0.1) is 0 Å². The number of aliphatic hydroxyl groups is 1. The third-order valence-corrected chi connectivity index (χ3v) is 2.59. The predicted octanol–water partition coefficient (Wildman–Crippen LogP) is 2.25. The van der Waals surface area contributed by atoms with Crippen LogP contribution in [0, 0.1) is 13.8 Å². The number of aliphatic hydroxyl groups excluding tert-OH is 1. The summed E-state index contributed by atoms with van der Waals surface area (Å²) in [5.41, 5.74) is 2.52. The van der Waals surface area contributed by atoms with Crippen LogP contribution in [0.5, 0.6) is 0 Å². The summed E-state index contributed by atoms with van der Waals surface area (Å²) < 4.78 is 0. The van der Waals surface area contributed by atoms with E-state index in [4.69, 9.17) is 0 Å². The molecule has 0 spiro atoms. The number of carbonyl (C=O) groups is 1.